The van der Waals surface area contributed by atoms with Crippen LogP contribution in [0.25, 0.3) is 5.69 Å². The minimum Gasteiger partial charge on any atom is -0.334 e. The molecule has 0 N–H and O–H groups in total. The van der Waals surface area contributed by atoms with Gasteiger partial charge in [-0.15, -0.1) is 5.10 Å². The summed E-state index contributed by atoms with van der Waals surface area (Å²) in [6.45, 7) is 2.44. The van der Waals surface area contributed by atoms with Crippen LogP contribution in [0.5, 0.6) is 0 Å². The second-order valence-corrected chi connectivity index (χ2v) is 6.45. The van der Waals surface area contributed by atoms with Gasteiger partial charge in [0.2, 0.25) is 0 Å². The lowest BCUT2D eigenvalue weighted by Gasteiger charge is -2.33. The maximum absolute atomic E-state index is 13.2. The van der Waals surface area contributed by atoms with Crippen molar-refractivity contribution in [2.24, 2.45) is 0 Å². The number of rotatable bonds is 4. The third-order valence-electron chi connectivity index (χ3n) is 4.79. The van der Waals surface area contributed by atoms with Gasteiger partial charge in [-0.25, -0.2) is 4.68 Å². The van der Waals surface area contributed by atoms with Crippen molar-refractivity contribution in [3.8, 4) is 5.69 Å². The molecule has 0 unspecified atom stereocenters. The SMILES string of the molecule is CCN(C(=O)c1cn(-c2ccccc2C(F)(F)F)nn1)C1CCCCC1. The van der Waals surface area contributed by atoms with Crippen LogP contribution in [-0.2, 0) is 6.18 Å². The highest BCUT2D eigenvalue weighted by molar-refractivity contribution is 5.92. The molecule has 26 heavy (non-hydrogen) atoms. The van der Waals surface area contributed by atoms with Gasteiger partial charge in [0, 0.05) is 12.6 Å². The van der Waals surface area contributed by atoms with Gasteiger partial charge in [-0.3, -0.25) is 4.79 Å². The van der Waals surface area contributed by atoms with E-state index in [4.69, 9.17) is 0 Å². The smallest absolute Gasteiger partial charge is 0.334 e. The minimum atomic E-state index is -4.51. The summed E-state index contributed by atoms with van der Waals surface area (Å²) in [5, 5.41) is 7.60. The summed E-state index contributed by atoms with van der Waals surface area (Å²) in [5.41, 5.74) is -0.898. The van der Waals surface area contributed by atoms with Crippen molar-refractivity contribution in [3.63, 3.8) is 0 Å². The number of alkyl halides is 3. The summed E-state index contributed by atoms with van der Waals surface area (Å²) in [4.78, 5) is 14.5. The molecule has 0 atom stereocenters. The van der Waals surface area contributed by atoms with Crippen LogP contribution in [0.3, 0.4) is 0 Å². The molecule has 1 aromatic carbocycles. The molecule has 2 aromatic rings. The van der Waals surface area contributed by atoms with Crippen LogP contribution in [0.1, 0.15) is 55.1 Å². The molecular formula is C18H21F3N4O. The highest BCUT2D eigenvalue weighted by Crippen LogP contribution is 2.33. The van der Waals surface area contributed by atoms with Gasteiger partial charge in [0.25, 0.3) is 5.91 Å². The number of carbonyl (C=O) groups is 1. The Morgan fingerprint density at radius 1 is 1.23 bits per heavy atom. The summed E-state index contributed by atoms with van der Waals surface area (Å²) in [6.07, 6.45) is 2.00. The Kier molecular flexibility index (Phi) is 5.29. The molecule has 1 aliphatic rings. The van der Waals surface area contributed by atoms with Crippen molar-refractivity contribution in [1.82, 2.24) is 19.9 Å². The van der Waals surface area contributed by atoms with Crippen molar-refractivity contribution in [2.45, 2.75) is 51.2 Å². The third kappa shape index (κ3) is 3.73. The normalized spacial score (nSPS) is 15.8. The lowest BCUT2D eigenvalue weighted by Crippen LogP contribution is -2.41. The fraction of sp³-hybridized carbons (Fsp3) is 0.500. The molecule has 8 heteroatoms. The van der Waals surface area contributed by atoms with E-state index in [0.717, 1.165) is 36.4 Å². The predicted molar refractivity (Wildman–Crippen MR) is 89.9 cm³/mol. The number of hydrogen-bond acceptors (Lipinski definition) is 3. The van der Waals surface area contributed by atoms with Gasteiger partial charge in [0.1, 0.15) is 0 Å². The second kappa shape index (κ2) is 7.47. The van der Waals surface area contributed by atoms with E-state index in [1.165, 1.54) is 30.8 Å². The molecule has 0 bridgehead atoms. The van der Waals surface area contributed by atoms with Crippen molar-refractivity contribution in [3.05, 3.63) is 41.7 Å². The molecule has 1 aliphatic carbocycles. The molecule has 0 aliphatic heterocycles. The number of halogens is 3. The van der Waals surface area contributed by atoms with E-state index < -0.39 is 11.7 Å². The van der Waals surface area contributed by atoms with E-state index in [9.17, 15) is 18.0 Å². The van der Waals surface area contributed by atoms with Crippen molar-refractivity contribution >= 4 is 5.91 Å². The number of benzene rings is 1. The van der Waals surface area contributed by atoms with Crippen LogP contribution in [0.4, 0.5) is 13.2 Å². The molecule has 5 nitrogen and oxygen atoms in total. The fourth-order valence-electron chi connectivity index (χ4n) is 3.50. The Labute approximate surface area is 149 Å². The van der Waals surface area contributed by atoms with Gasteiger partial charge >= 0.3 is 6.18 Å². The van der Waals surface area contributed by atoms with Gasteiger partial charge in [0.05, 0.1) is 17.4 Å². The molecule has 140 valence electrons. The predicted octanol–water partition coefficient (Wildman–Crippen LogP) is 4.08. The number of amides is 1. The Bertz CT molecular complexity index is 766. The molecule has 0 spiro atoms. The zero-order valence-electron chi connectivity index (χ0n) is 14.5. The van der Waals surface area contributed by atoms with Crippen LogP contribution >= 0.6 is 0 Å². The monoisotopic (exact) mass is 366 g/mol. The molecule has 0 saturated heterocycles. The molecule has 1 fully saturated rings. The zero-order chi connectivity index (χ0) is 18.7. The van der Waals surface area contributed by atoms with E-state index in [-0.39, 0.29) is 23.3 Å². The van der Waals surface area contributed by atoms with Gasteiger partial charge in [0.15, 0.2) is 5.69 Å². The first-order chi connectivity index (χ1) is 12.4. The maximum Gasteiger partial charge on any atom is 0.418 e. The molecule has 0 radical (unpaired) electrons. The van der Waals surface area contributed by atoms with Crippen molar-refractivity contribution in [1.29, 1.82) is 0 Å². The standard InChI is InChI=1S/C18H21F3N4O/c1-2-24(13-8-4-3-5-9-13)17(26)15-12-25(23-22-15)16-11-7-6-10-14(16)18(19,20)21/h6-7,10-13H,2-5,8-9H2,1H3. The molecule has 1 aromatic heterocycles. The van der Waals surface area contributed by atoms with E-state index in [0.29, 0.717) is 6.54 Å². The highest BCUT2D eigenvalue weighted by Gasteiger charge is 2.34. The van der Waals surface area contributed by atoms with Crippen LogP contribution < -0.4 is 0 Å². The first-order valence-corrected chi connectivity index (χ1v) is 8.81. The number of hydrogen-bond donors (Lipinski definition) is 0. The average molecular weight is 366 g/mol. The number of nitrogens with zero attached hydrogens (tertiary/aromatic N) is 4. The first-order valence-electron chi connectivity index (χ1n) is 8.81. The summed E-state index contributed by atoms with van der Waals surface area (Å²) in [7, 11) is 0. The minimum absolute atomic E-state index is 0.0643. The topological polar surface area (TPSA) is 51.0 Å². The lowest BCUT2D eigenvalue weighted by atomic mass is 9.94. The Morgan fingerprint density at radius 2 is 1.92 bits per heavy atom. The zero-order valence-corrected chi connectivity index (χ0v) is 14.5. The summed E-state index contributed by atoms with van der Waals surface area (Å²) >= 11 is 0. The molecule has 1 saturated carbocycles. The van der Waals surface area contributed by atoms with Gasteiger partial charge < -0.3 is 4.90 Å². The molecule has 3 rings (SSSR count). The van der Waals surface area contributed by atoms with Crippen molar-refractivity contribution in [2.75, 3.05) is 6.54 Å². The van der Waals surface area contributed by atoms with Crippen LogP contribution in [-0.4, -0.2) is 38.4 Å². The van der Waals surface area contributed by atoms with Gasteiger partial charge in [-0.1, -0.05) is 36.6 Å². The largest absolute Gasteiger partial charge is 0.418 e. The Balaban J connectivity index is 1.87. The number of carbonyl (C=O) groups excluding carboxylic acids is 1. The Hall–Kier alpha value is -2.38. The average Bonchev–Trinajstić information content (AvgIpc) is 3.12. The summed E-state index contributed by atoms with van der Waals surface area (Å²) < 4.78 is 40.6. The van der Waals surface area contributed by atoms with Crippen LogP contribution in [0, 0.1) is 0 Å². The Morgan fingerprint density at radius 3 is 2.58 bits per heavy atom. The van der Waals surface area contributed by atoms with E-state index >= 15 is 0 Å². The maximum atomic E-state index is 13.2. The van der Waals surface area contributed by atoms with Gasteiger partial charge in [-0.05, 0) is 31.9 Å². The van der Waals surface area contributed by atoms with E-state index in [1.54, 1.807) is 4.90 Å². The molecule has 1 heterocycles. The van der Waals surface area contributed by atoms with Crippen molar-refractivity contribution < 1.29 is 18.0 Å². The van der Waals surface area contributed by atoms with Crippen LogP contribution in [0.2, 0.25) is 0 Å². The third-order valence-corrected chi connectivity index (χ3v) is 4.79. The quantitative estimate of drug-likeness (QED) is 0.819. The van der Waals surface area contributed by atoms with E-state index in [1.807, 2.05) is 6.92 Å². The number of aromatic nitrogens is 3. The van der Waals surface area contributed by atoms with Gasteiger partial charge in [-0.2, -0.15) is 13.2 Å². The van der Waals surface area contributed by atoms with E-state index in [2.05, 4.69) is 10.3 Å². The molecular weight excluding hydrogens is 345 g/mol. The fourth-order valence-corrected chi connectivity index (χ4v) is 3.50. The lowest BCUT2D eigenvalue weighted by molar-refractivity contribution is -0.137. The van der Waals surface area contributed by atoms with Crippen LogP contribution in [0.15, 0.2) is 30.5 Å². The second-order valence-electron chi connectivity index (χ2n) is 6.45. The summed E-state index contributed by atoms with van der Waals surface area (Å²) in [5.74, 6) is -0.282. The summed E-state index contributed by atoms with van der Waals surface area (Å²) in [6, 6.07) is 5.27. The first kappa shape index (κ1) is 18.4. The number of para-hydroxylation sites is 1. The highest BCUT2D eigenvalue weighted by atomic mass is 19.4. The molecule has 1 amide bonds.